The van der Waals surface area contributed by atoms with Crippen molar-refractivity contribution in [1.82, 2.24) is 30.7 Å². The third-order valence-electron chi connectivity index (χ3n) is 7.92. The normalized spacial score (nSPS) is 18.8. The molecular formula is C29H37N9O9. The molecule has 18 heteroatoms. The molecule has 10 N–H and O–H groups in total. The number of carbonyl (C=O) groups excluding carboxylic acids is 5. The van der Waals surface area contributed by atoms with E-state index in [1.54, 1.807) is 18.3 Å². The number of carbonyl (C=O) groups is 7. The predicted molar refractivity (Wildman–Crippen MR) is 164 cm³/mol. The van der Waals surface area contributed by atoms with Crippen molar-refractivity contribution in [2.75, 3.05) is 19.6 Å². The SMILES string of the molecule is NC(N)=NCCC[C@@H]1NC(=O)N(CC(=O)N[C@@H](CC(=O)O)C(=O)N[C@@H](Cc2c[nH]c3ccccc23)C(=O)N2CCC[C@H]2C(=O)O)C1=O. The second-order valence-corrected chi connectivity index (χ2v) is 11.2. The second kappa shape index (κ2) is 15.1. The molecule has 0 unspecified atom stereocenters. The summed E-state index contributed by atoms with van der Waals surface area (Å²) in [4.78, 5) is 97.5. The van der Waals surface area contributed by atoms with Crippen molar-refractivity contribution in [1.29, 1.82) is 0 Å². The summed E-state index contributed by atoms with van der Waals surface area (Å²) in [5.74, 6) is -6.18. The molecule has 2 aliphatic heterocycles. The summed E-state index contributed by atoms with van der Waals surface area (Å²) in [6, 6.07) is 1.31. The molecule has 2 saturated heterocycles. The zero-order valence-electron chi connectivity index (χ0n) is 25.3. The highest BCUT2D eigenvalue weighted by molar-refractivity contribution is 6.07. The van der Waals surface area contributed by atoms with Gasteiger partial charge < -0.3 is 47.5 Å². The molecule has 4 rings (SSSR count). The van der Waals surface area contributed by atoms with Gasteiger partial charge in [-0.1, -0.05) is 18.2 Å². The number of aliphatic carboxylic acids is 2. The van der Waals surface area contributed by atoms with Gasteiger partial charge in [0, 0.05) is 36.6 Å². The van der Waals surface area contributed by atoms with E-state index in [4.69, 9.17) is 11.5 Å². The Morgan fingerprint density at radius 2 is 1.81 bits per heavy atom. The minimum atomic E-state index is -1.71. The number of carboxylic acids is 2. The van der Waals surface area contributed by atoms with Crippen LogP contribution in [0.3, 0.4) is 0 Å². The number of para-hydroxylation sites is 1. The molecule has 252 valence electrons. The Balaban J connectivity index is 1.48. The van der Waals surface area contributed by atoms with E-state index in [-0.39, 0.29) is 38.3 Å². The maximum absolute atomic E-state index is 13.7. The summed E-state index contributed by atoms with van der Waals surface area (Å²) in [5, 5.41) is 27.1. The number of aliphatic imine (C=N–C) groups is 1. The number of rotatable bonds is 15. The molecule has 1 aromatic heterocycles. The van der Waals surface area contributed by atoms with E-state index in [0.717, 1.165) is 15.8 Å². The number of urea groups is 1. The van der Waals surface area contributed by atoms with Gasteiger partial charge in [0.15, 0.2) is 5.96 Å². The van der Waals surface area contributed by atoms with Gasteiger partial charge >= 0.3 is 18.0 Å². The van der Waals surface area contributed by atoms with Crippen molar-refractivity contribution in [3.63, 3.8) is 0 Å². The van der Waals surface area contributed by atoms with Gasteiger partial charge in [-0.05, 0) is 37.3 Å². The average molecular weight is 656 g/mol. The number of hydrogen-bond acceptors (Lipinski definition) is 8. The number of nitrogens with one attached hydrogen (secondary N) is 4. The summed E-state index contributed by atoms with van der Waals surface area (Å²) >= 11 is 0. The van der Waals surface area contributed by atoms with Crippen molar-refractivity contribution in [3.8, 4) is 0 Å². The predicted octanol–water partition coefficient (Wildman–Crippen LogP) is -1.80. The molecular weight excluding hydrogens is 618 g/mol. The lowest BCUT2D eigenvalue weighted by atomic mass is 10.0. The highest BCUT2D eigenvalue weighted by Gasteiger charge is 2.41. The van der Waals surface area contributed by atoms with Gasteiger partial charge in [0.05, 0.1) is 6.42 Å². The molecule has 1 aromatic carbocycles. The van der Waals surface area contributed by atoms with Crippen LogP contribution in [0.4, 0.5) is 4.79 Å². The Morgan fingerprint density at radius 3 is 2.51 bits per heavy atom. The summed E-state index contributed by atoms with van der Waals surface area (Å²) in [6.45, 7) is -0.441. The number of hydrogen-bond donors (Lipinski definition) is 8. The zero-order valence-corrected chi connectivity index (χ0v) is 25.3. The summed E-state index contributed by atoms with van der Waals surface area (Å²) in [5.41, 5.74) is 11.9. The highest BCUT2D eigenvalue weighted by Crippen LogP contribution is 2.23. The Kier molecular flexibility index (Phi) is 11.0. The van der Waals surface area contributed by atoms with Gasteiger partial charge in [0.25, 0.3) is 5.91 Å². The first-order valence-corrected chi connectivity index (χ1v) is 14.9. The number of aromatic nitrogens is 1. The second-order valence-electron chi connectivity index (χ2n) is 11.2. The number of carboxylic acid groups (broad SMARTS) is 2. The lowest BCUT2D eigenvalue weighted by Gasteiger charge is -2.28. The summed E-state index contributed by atoms with van der Waals surface area (Å²) in [6.07, 6.45) is 1.91. The number of fused-ring (bicyclic) bond motifs is 1. The van der Waals surface area contributed by atoms with Crippen LogP contribution in [0.1, 0.15) is 37.7 Å². The standard InChI is InChI=1S/C29H37N9O9/c30-28(31)32-9-3-7-18-25(43)38(29(47)36-18)14-22(39)34-19(12-23(40)41)24(42)35-20(26(44)37-10-4-8-21(37)27(45)46)11-15-13-33-17-6-2-1-5-16(15)17/h1-2,5-6,13,18-21,33H,3-4,7-12,14H2,(H,34,39)(H,35,42)(H,36,47)(H,40,41)(H,45,46)(H4,30,31,32)/t18-,19-,20-,21-/m0/s1. The largest absolute Gasteiger partial charge is 0.481 e. The van der Waals surface area contributed by atoms with Gasteiger partial charge in [-0.2, -0.15) is 0 Å². The van der Waals surface area contributed by atoms with Crippen molar-refractivity contribution in [2.45, 2.75) is 62.7 Å². The van der Waals surface area contributed by atoms with Gasteiger partial charge in [0.2, 0.25) is 17.7 Å². The van der Waals surface area contributed by atoms with Crippen LogP contribution >= 0.6 is 0 Å². The molecule has 2 aromatic rings. The Labute approximate surface area is 267 Å². The first kappa shape index (κ1) is 34.2. The molecule has 0 saturated carbocycles. The van der Waals surface area contributed by atoms with E-state index in [1.807, 2.05) is 12.1 Å². The third kappa shape index (κ3) is 8.53. The van der Waals surface area contributed by atoms with Crippen LogP contribution in [0.2, 0.25) is 0 Å². The first-order valence-electron chi connectivity index (χ1n) is 14.9. The summed E-state index contributed by atoms with van der Waals surface area (Å²) in [7, 11) is 0. The van der Waals surface area contributed by atoms with Crippen LogP contribution in [-0.2, 0) is 35.2 Å². The monoisotopic (exact) mass is 655 g/mol. The van der Waals surface area contributed by atoms with Crippen LogP contribution in [0.5, 0.6) is 0 Å². The molecule has 0 radical (unpaired) electrons. The van der Waals surface area contributed by atoms with Crippen LogP contribution in [0, 0.1) is 0 Å². The number of H-pyrrole nitrogens is 1. The van der Waals surface area contributed by atoms with Crippen molar-refractivity contribution >= 4 is 58.5 Å². The smallest absolute Gasteiger partial charge is 0.326 e. The van der Waals surface area contributed by atoms with Crippen molar-refractivity contribution in [3.05, 3.63) is 36.0 Å². The molecule has 0 aliphatic carbocycles. The average Bonchev–Trinajstić information content (AvgIpc) is 3.73. The van der Waals surface area contributed by atoms with Crippen LogP contribution in [0.15, 0.2) is 35.5 Å². The van der Waals surface area contributed by atoms with E-state index in [0.29, 0.717) is 23.3 Å². The number of guanidine groups is 1. The third-order valence-corrected chi connectivity index (χ3v) is 7.92. The van der Waals surface area contributed by atoms with Crippen molar-refractivity contribution in [2.24, 2.45) is 16.5 Å². The van der Waals surface area contributed by atoms with Gasteiger partial charge in [0.1, 0.15) is 30.7 Å². The molecule has 18 nitrogen and oxygen atoms in total. The molecule has 47 heavy (non-hydrogen) atoms. The fourth-order valence-corrected chi connectivity index (χ4v) is 5.67. The number of likely N-dealkylation sites (tertiary alicyclic amines) is 1. The van der Waals surface area contributed by atoms with E-state index < -0.39 is 78.7 Å². The lowest BCUT2D eigenvalue weighted by molar-refractivity contribution is -0.149. The number of imide groups is 1. The van der Waals surface area contributed by atoms with E-state index >= 15 is 0 Å². The fraction of sp³-hybridized carbons (Fsp3) is 0.448. The van der Waals surface area contributed by atoms with E-state index in [1.165, 1.54) is 0 Å². The Morgan fingerprint density at radius 1 is 1.06 bits per heavy atom. The lowest BCUT2D eigenvalue weighted by Crippen LogP contribution is -2.57. The number of amides is 6. The molecule has 0 bridgehead atoms. The van der Waals surface area contributed by atoms with Crippen LogP contribution < -0.4 is 27.4 Å². The minimum absolute atomic E-state index is 0.0712. The van der Waals surface area contributed by atoms with E-state index in [2.05, 4.69) is 25.9 Å². The van der Waals surface area contributed by atoms with Crippen LogP contribution in [-0.4, -0.2) is 116 Å². The molecule has 6 amide bonds. The Bertz CT molecular complexity index is 1590. The van der Waals surface area contributed by atoms with Crippen molar-refractivity contribution < 1.29 is 43.8 Å². The molecule has 2 aliphatic rings. The number of benzene rings is 1. The maximum atomic E-state index is 13.7. The van der Waals surface area contributed by atoms with Gasteiger partial charge in [-0.25, -0.2) is 9.59 Å². The number of aromatic amines is 1. The Hall–Kier alpha value is -5.68. The van der Waals surface area contributed by atoms with Gasteiger partial charge in [-0.15, -0.1) is 0 Å². The maximum Gasteiger partial charge on any atom is 0.326 e. The quantitative estimate of drug-likeness (QED) is 0.0459. The van der Waals surface area contributed by atoms with E-state index in [9.17, 15) is 43.8 Å². The summed E-state index contributed by atoms with van der Waals surface area (Å²) < 4.78 is 0. The number of nitrogens with two attached hydrogens (primary N) is 2. The fourth-order valence-electron chi connectivity index (χ4n) is 5.67. The topological polar surface area (TPSA) is 283 Å². The molecule has 0 spiro atoms. The van der Waals surface area contributed by atoms with Gasteiger partial charge in [-0.3, -0.25) is 33.9 Å². The molecule has 2 fully saturated rings. The minimum Gasteiger partial charge on any atom is -0.481 e. The zero-order chi connectivity index (χ0) is 34.2. The number of nitrogens with zero attached hydrogens (tertiary/aromatic N) is 3. The molecule has 3 heterocycles. The molecule has 4 atom stereocenters. The first-order chi connectivity index (χ1) is 22.3. The highest BCUT2D eigenvalue weighted by atomic mass is 16.4. The van der Waals surface area contributed by atoms with Crippen LogP contribution in [0.25, 0.3) is 10.9 Å².